The first-order chi connectivity index (χ1) is 10.8. The SMILES string of the molecule is CS(=O)(=O)c1ccc(NC(=O)c2ccc(OC(F)F)cc2)cc1. The molecule has 2 aromatic rings. The Balaban J connectivity index is 2.07. The summed E-state index contributed by atoms with van der Waals surface area (Å²) in [5, 5.41) is 2.57. The highest BCUT2D eigenvalue weighted by molar-refractivity contribution is 7.90. The number of anilines is 1. The van der Waals surface area contributed by atoms with Gasteiger partial charge in [0, 0.05) is 17.5 Å². The monoisotopic (exact) mass is 341 g/mol. The zero-order chi connectivity index (χ0) is 17.0. The quantitative estimate of drug-likeness (QED) is 0.907. The number of hydrogen-bond acceptors (Lipinski definition) is 4. The molecule has 0 bridgehead atoms. The van der Waals surface area contributed by atoms with Crippen molar-refractivity contribution in [3.63, 3.8) is 0 Å². The van der Waals surface area contributed by atoms with Gasteiger partial charge in [-0.3, -0.25) is 4.79 Å². The number of amides is 1. The fourth-order valence-corrected chi connectivity index (χ4v) is 2.41. The maximum absolute atomic E-state index is 12.0. The lowest BCUT2D eigenvalue weighted by molar-refractivity contribution is -0.0498. The van der Waals surface area contributed by atoms with E-state index in [1.54, 1.807) is 0 Å². The van der Waals surface area contributed by atoms with E-state index in [0.29, 0.717) is 5.69 Å². The Morgan fingerprint density at radius 2 is 1.61 bits per heavy atom. The van der Waals surface area contributed by atoms with Crippen molar-refractivity contribution in [2.24, 2.45) is 0 Å². The van der Waals surface area contributed by atoms with Gasteiger partial charge >= 0.3 is 6.61 Å². The number of sulfone groups is 1. The topological polar surface area (TPSA) is 72.5 Å². The fraction of sp³-hybridized carbons (Fsp3) is 0.133. The van der Waals surface area contributed by atoms with Crippen LogP contribution in [0.1, 0.15) is 10.4 Å². The van der Waals surface area contributed by atoms with Crippen LogP contribution in [0.5, 0.6) is 5.75 Å². The van der Waals surface area contributed by atoms with E-state index in [1.165, 1.54) is 48.5 Å². The molecule has 8 heteroatoms. The van der Waals surface area contributed by atoms with Crippen LogP contribution in [0.4, 0.5) is 14.5 Å². The third kappa shape index (κ3) is 4.75. The minimum absolute atomic E-state index is 0.0472. The summed E-state index contributed by atoms with van der Waals surface area (Å²) < 4.78 is 51.0. The minimum Gasteiger partial charge on any atom is -0.435 e. The molecule has 0 saturated carbocycles. The van der Waals surface area contributed by atoms with Crippen molar-refractivity contribution >= 4 is 21.4 Å². The largest absolute Gasteiger partial charge is 0.435 e. The molecule has 0 aromatic heterocycles. The summed E-state index contributed by atoms with van der Waals surface area (Å²) in [5.41, 5.74) is 0.661. The number of hydrogen-bond donors (Lipinski definition) is 1. The molecule has 2 aromatic carbocycles. The van der Waals surface area contributed by atoms with Crippen molar-refractivity contribution in [3.8, 4) is 5.75 Å². The van der Waals surface area contributed by atoms with Gasteiger partial charge in [0.1, 0.15) is 5.75 Å². The Bertz CT molecular complexity index is 787. The summed E-state index contributed by atoms with van der Waals surface area (Å²) in [6, 6.07) is 10.9. The maximum atomic E-state index is 12.0. The normalized spacial score (nSPS) is 11.3. The second-order valence-electron chi connectivity index (χ2n) is 4.65. The molecular weight excluding hydrogens is 328 g/mol. The third-order valence-corrected chi connectivity index (χ3v) is 4.01. The van der Waals surface area contributed by atoms with Crippen LogP contribution in [-0.4, -0.2) is 27.2 Å². The molecule has 0 radical (unpaired) electrons. The lowest BCUT2D eigenvalue weighted by atomic mass is 10.2. The number of rotatable bonds is 5. The first-order valence-electron chi connectivity index (χ1n) is 6.42. The molecule has 0 aliphatic carbocycles. The molecule has 0 saturated heterocycles. The predicted octanol–water partition coefficient (Wildman–Crippen LogP) is 2.94. The predicted molar refractivity (Wildman–Crippen MR) is 80.6 cm³/mol. The number of benzene rings is 2. The van der Waals surface area contributed by atoms with Crippen molar-refractivity contribution in [2.75, 3.05) is 11.6 Å². The molecule has 0 fully saturated rings. The molecule has 5 nitrogen and oxygen atoms in total. The average molecular weight is 341 g/mol. The second kappa shape index (κ2) is 6.74. The summed E-state index contributed by atoms with van der Waals surface area (Å²) >= 11 is 0. The minimum atomic E-state index is -3.30. The molecule has 2 rings (SSSR count). The zero-order valence-corrected chi connectivity index (χ0v) is 12.8. The van der Waals surface area contributed by atoms with Gasteiger partial charge in [-0.25, -0.2) is 8.42 Å². The molecule has 1 N–H and O–H groups in total. The van der Waals surface area contributed by atoms with Crippen LogP contribution in [0.15, 0.2) is 53.4 Å². The molecule has 23 heavy (non-hydrogen) atoms. The highest BCUT2D eigenvalue weighted by Gasteiger charge is 2.10. The van der Waals surface area contributed by atoms with E-state index in [-0.39, 0.29) is 16.2 Å². The van der Waals surface area contributed by atoms with Crippen LogP contribution in [0.3, 0.4) is 0 Å². The number of halogens is 2. The Morgan fingerprint density at radius 1 is 1.04 bits per heavy atom. The van der Waals surface area contributed by atoms with Gasteiger partial charge < -0.3 is 10.1 Å². The molecule has 0 aliphatic heterocycles. The van der Waals surface area contributed by atoms with Gasteiger partial charge in [0.05, 0.1) is 4.90 Å². The summed E-state index contributed by atoms with van der Waals surface area (Å²) in [6.07, 6.45) is 1.09. The second-order valence-corrected chi connectivity index (χ2v) is 6.67. The highest BCUT2D eigenvalue weighted by atomic mass is 32.2. The van der Waals surface area contributed by atoms with E-state index in [0.717, 1.165) is 6.26 Å². The first-order valence-corrected chi connectivity index (χ1v) is 8.31. The Labute approximate surface area is 131 Å². The highest BCUT2D eigenvalue weighted by Crippen LogP contribution is 2.17. The zero-order valence-electron chi connectivity index (χ0n) is 12.0. The number of carbonyl (C=O) groups is 1. The molecule has 0 spiro atoms. The standard InChI is InChI=1S/C15H13F2NO4S/c1-23(20,21)13-8-4-11(5-9-13)18-14(19)10-2-6-12(7-3-10)22-15(16)17/h2-9,15H,1H3,(H,18,19). The summed E-state index contributed by atoms with van der Waals surface area (Å²) in [4.78, 5) is 12.2. The molecule has 0 unspecified atom stereocenters. The summed E-state index contributed by atoms with van der Waals surface area (Å²) in [6.45, 7) is -2.93. The van der Waals surface area contributed by atoms with E-state index in [9.17, 15) is 22.0 Å². The van der Waals surface area contributed by atoms with Crippen LogP contribution >= 0.6 is 0 Å². The van der Waals surface area contributed by atoms with E-state index >= 15 is 0 Å². The van der Waals surface area contributed by atoms with Crippen molar-refractivity contribution in [1.29, 1.82) is 0 Å². The van der Waals surface area contributed by atoms with E-state index in [1.807, 2.05) is 0 Å². The molecular formula is C15H13F2NO4S. The Kier molecular flexibility index (Phi) is 4.95. The summed E-state index contributed by atoms with van der Waals surface area (Å²) in [7, 11) is -3.30. The summed E-state index contributed by atoms with van der Waals surface area (Å²) in [5.74, 6) is -0.505. The van der Waals surface area contributed by atoms with Gasteiger partial charge in [0.25, 0.3) is 5.91 Å². The smallest absolute Gasteiger partial charge is 0.387 e. The van der Waals surface area contributed by atoms with Gasteiger partial charge in [0.2, 0.25) is 0 Å². The van der Waals surface area contributed by atoms with Crippen LogP contribution < -0.4 is 10.1 Å². The van der Waals surface area contributed by atoms with E-state index in [2.05, 4.69) is 10.1 Å². The Hall–Kier alpha value is -2.48. The van der Waals surface area contributed by atoms with Gasteiger partial charge in [-0.05, 0) is 48.5 Å². The molecule has 0 heterocycles. The lowest BCUT2D eigenvalue weighted by Gasteiger charge is -2.07. The van der Waals surface area contributed by atoms with E-state index in [4.69, 9.17) is 0 Å². The Morgan fingerprint density at radius 3 is 2.09 bits per heavy atom. The molecule has 122 valence electrons. The maximum Gasteiger partial charge on any atom is 0.387 e. The van der Waals surface area contributed by atoms with Gasteiger partial charge in [-0.15, -0.1) is 0 Å². The van der Waals surface area contributed by atoms with Gasteiger partial charge in [0.15, 0.2) is 9.84 Å². The number of carbonyl (C=O) groups excluding carboxylic acids is 1. The van der Waals surface area contributed by atoms with E-state index < -0.39 is 22.4 Å². The van der Waals surface area contributed by atoms with Crippen molar-refractivity contribution in [3.05, 3.63) is 54.1 Å². The van der Waals surface area contributed by atoms with Crippen molar-refractivity contribution in [2.45, 2.75) is 11.5 Å². The van der Waals surface area contributed by atoms with Gasteiger partial charge in [-0.1, -0.05) is 0 Å². The fourth-order valence-electron chi connectivity index (χ4n) is 1.78. The van der Waals surface area contributed by atoms with Crippen LogP contribution in [0, 0.1) is 0 Å². The van der Waals surface area contributed by atoms with Crippen molar-refractivity contribution in [1.82, 2.24) is 0 Å². The average Bonchev–Trinajstić information content (AvgIpc) is 2.47. The molecule has 0 atom stereocenters. The molecule has 0 aliphatic rings. The van der Waals surface area contributed by atoms with Gasteiger partial charge in [-0.2, -0.15) is 8.78 Å². The lowest BCUT2D eigenvalue weighted by Crippen LogP contribution is -2.12. The first kappa shape index (κ1) is 16.9. The third-order valence-electron chi connectivity index (χ3n) is 2.88. The molecule has 1 amide bonds. The van der Waals surface area contributed by atoms with Crippen LogP contribution in [0.2, 0.25) is 0 Å². The number of nitrogens with one attached hydrogen (secondary N) is 1. The van der Waals surface area contributed by atoms with Crippen LogP contribution in [0.25, 0.3) is 0 Å². The van der Waals surface area contributed by atoms with Crippen molar-refractivity contribution < 1.29 is 26.7 Å². The number of alkyl halides is 2. The van der Waals surface area contributed by atoms with Crippen LogP contribution in [-0.2, 0) is 9.84 Å². The number of ether oxygens (including phenoxy) is 1.